The Bertz CT molecular complexity index is 862. The lowest BCUT2D eigenvalue weighted by molar-refractivity contribution is 0.0143. The molecule has 1 aromatic rings. The Kier molecular flexibility index (Phi) is 20.2. The molecular weight excluding hydrogens is 478 g/mol. The van der Waals surface area contributed by atoms with Crippen molar-refractivity contribution in [3.8, 4) is 0 Å². The van der Waals surface area contributed by atoms with E-state index in [2.05, 4.69) is 120 Å². The molecule has 1 aliphatic rings. The molecule has 39 heavy (non-hydrogen) atoms. The lowest BCUT2D eigenvalue weighted by Gasteiger charge is -2.36. The predicted molar refractivity (Wildman–Crippen MR) is 175 cm³/mol. The first-order valence-electron chi connectivity index (χ1n) is 15.0. The van der Waals surface area contributed by atoms with Crippen molar-refractivity contribution in [2.75, 3.05) is 33.9 Å². The summed E-state index contributed by atoms with van der Waals surface area (Å²) in [6.45, 7) is 29.4. The lowest BCUT2D eigenvalue weighted by Crippen LogP contribution is -2.45. The maximum absolute atomic E-state index is 5.30. The van der Waals surface area contributed by atoms with Gasteiger partial charge in [-0.25, -0.2) is 0 Å². The second-order valence-corrected chi connectivity index (χ2v) is 11.2. The van der Waals surface area contributed by atoms with Gasteiger partial charge in [-0.3, -0.25) is 0 Å². The normalized spacial score (nSPS) is 15.6. The Morgan fingerprint density at radius 2 is 1.69 bits per heavy atom. The molecule has 2 rings (SSSR count). The first-order valence-corrected chi connectivity index (χ1v) is 15.0. The second kappa shape index (κ2) is 21.5. The highest BCUT2D eigenvalue weighted by Gasteiger charge is 2.18. The van der Waals surface area contributed by atoms with Crippen LogP contribution in [0.4, 0.5) is 0 Å². The molecule has 2 N–H and O–H groups in total. The smallest absolute Gasteiger partial charge is 0.0940 e. The number of nitrogens with one attached hydrogen (secondary N) is 2. The van der Waals surface area contributed by atoms with Gasteiger partial charge in [0.25, 0.3) is 0 Å². The van der Waals surface area contributed by atoms with E-state index in [0.717, 1.165) is 43.6 Å². The fourth-order valence-corrected chi connectivity index (χ4v) is 4.09. The minimum atomic E-state index is 0.448. The second-order valence-electron chi connectivity index (χ2n) is 11.2. The summed E-state index contributed by atoms with van der Waals surface area (Å²) in [5, 5.41) is 6.21. The van der Waals surface area contributed by atoms with Crippen molar-refractivity contribution in [1.82, 2.24) is 15.5 Å². The molecule has 0 bridgehead atoms. The fourth-order valence-electron chi connectivity index (χ4n) is 4.09. The van der Waals surface area contributed by atoms with Crippen LogP contribution in [0, 0.1) is 11.8 Å². The van der Waals surface area contributed by atoms with E-state index < -0.39 is 0 Å². The zero-order chi connectivity index (χ0) is 29.8. The lowest BCUT2D eigenvalue weighted by atomic mass is 9.91. The third kappa shape index (κ3) is 15.8. The summed E-state index contributed by atoms with van der Waals surface area (Å²) in [6.07, 6.45) is 9.54. The van der Waals surface area contributed by atoms with E-state index in [1.165, 1.54) is 48.0 Å². The van der Waals surface area contributed by atoms with E-state index >= 15 is 0 Å². The van der Waals surface area contributed by atoms with Crippen molar-refractivity contribution in [1.29, 1.82) is 0 Å². The van der Waals surface area contributed by atoms with Gasteiger partial charge in [0, 0.05) is 20.1 Å². The van der Waals surface area contributed by atoms with Crippen LogP contribution in [-0.4, -0.2) is 44.8 Å². The van der Waals surface area contributed by atoms with Gasteiger partial charge >= 0.3 is 0 Å². The summed E-state index contributed by atoms with van der Waals surface area (Å²) in [5.74, 6) is 2.48. The van der Waals surface area contributed by atoms with Gasteiger partial charge in [-0.05, 0) is 68.3 Å². The molecule has 4 nitrogen and oxygen atoms in total. The highest BCUT2D eigenvalue weighted by atomic mass is 16.5. The molecule has 0 amide bonds. The summed E-state index contributed by atoms with van der Waals surface area (Å²) in [6, 6.07) is 9.08. The van der Waals surface area contributed by atoms with Crippen LogP contribution in [0.5, 0.6) is 0 Å². The molecule has 222 valence electrons. The van der Waals surface area contributed by atoms with Gasteiger partial charge in [-0.15, -0.1) is 0 Å². The van der Waals surface area contributed by atoms with Gasteiger partial charge in [-0.2, -0.15) is 0 Å². The summed E-state index contributed by atoms with van der Waals surface area (Å²) in [5.41, 5.74) is 6.41. The van der Waals surface area contributed by atoms with E-state index in [0.29, 0.717) is 12.0 Å². The molecule has 1 fully saturated rings. The number of rotatable bonds is 12. The van der Waals surface area contributed by atoms with E-state index in [9.17, 15) is 0 Å². The van der Waals surface area contributed by atoms with Crippen molar-refractivity contribution in [3.05, 3.63) is 77.7 Å². The van der Waals surface area contributed by atoms with Crippen molar-refractivity contribution in [2.45, 2.75) is 93.7 Å². The van der Waals surface area contributed by atoms with Crippen LogP contribution in [0.25, 0.3) is 5.57 Å². The van der Waals surface area contributed by atoms with E-state index in [4.69, 9.17) is 4.74 Å². The molecule has 2 atom stereocenters. The molecule has 1 unspecified atom stereocenters. The molecule has 0 radical (unpaired) electrons. The van der Waals surface area contributed by atoms with Crippen LogP contribution in [-0.2, 0) is 11.3 Å². The zero-order valence-corrected chi connectivity index (χ0v) is 27.1. The number of benzene rings is 1. The summed E-state index contributed by atoms with van der Waals surface area (Å²) in [4.78, 5) is 2.23. The van der Waals surface area contributed by atoms with Crippen molar-refractivity contribution in [3.63, 3.8) is 0 Å². The van der Waals surface area contributed by atoms with Crippen LogP contribution >= 0.6 is 0 Å². The molecule has 0 saturated carbocycles. The molecule has 0 aliphatic carbocycles. The van der Waals surface area contributed by atoms with E-state index in [1.807, 2.05) is 14.1 Å². The van der Waals surface area contributed by atoms with Gasteiger partial charge in [0.1, 0.15) is 0 Å². The van der Waals surface area contributed by atoms with Crippen LogP contribution in [0.2, 0.25) is 0 Å². The standard InChI is InChI=1S/C22H33N.C8H16N2O.C5H12/c1-7-8-9-19(5)22(17(2)3)15-10-18(4)21-13-11-20(12-14-21)16-23-6;1-7-6-11-5-4-10(7)8(2)9-3;1-4-5(2)3/h10-15,19,23H,4,7-9,16H2,1-3,5-6H3;7,9H,2,4-6H2,1,3H3;5H,4H2,1-3H3/b15-10-;;/t;7-;/m.0./s1. The Morgan fingerprint density at radius 3 is 2.15 bits per heavy atom. The van der Waals surface area contributed by atoms with Crippen molar-refractivity contribution in [2.24, 2.45) is 11.8 Å². The van der Waals surface area contributed by atoms with Gasteiger partial charge in [-0.1, -0.05) is 109 Å². The molecule has 0 aromatic heterocycles. The fraction of sp³-hybridized carbons (Fsp3) is 0.600. The van der Waals surface area contributed by atoms with Crippen LogP contribution in [0.3, 0.4) is 0 Å². The molecule has 1 saturated heterocycles. The van der Waals surface area contributed by atoms with E-state index in [1.54, 1.807) is 0 Å². The number of hydrogen-bond acceptors (Lipinski definition) is 4. The summed E-state index contributed by atoms with van der Waals surface area (Å²) >= 11 is 0. The highest BCUT2D eigenvalue weighted by Crippen LogP contribution is 2.24. The maximum atomic E-state index is 5.30. The van der Waals surface area contributed by atoms with Gasteiger partial charge in [0.2, 0.25) is 0 Å². The topological polar surface area (TPSA) is 36.5 Å². The Labute approximate surface area is 242 Å². The summed E-state index contributed by atoms with van der Waals surface area (Å²) < 4.78 is 5.30. The predicted octanol–water partition coefficient (Wildman–Crippen LogP) is 8.59. The largest absolute Gasteiger partial charge is 0.377 e. The zero-order valence-electron chi connectivity index (χ0n) is 27.1. The number of ether oxygens (including phenoxy) is 1. The summed E-state index contributed by atoms with van der Waals surface area (Å²) in [7, 11) is 3.86. The van der Waals surface area contributed by atoms with E-state index in [-0.39, 0.29) is 0 Å². The van der Waals surface area contributed by atoms with Gasteiger partial charge < -0.3 is 20.3 Å². The molecule has 1 heterocycles. The average molecular weight is 540 g/mol. The van der Waals surface area contributed by atoms with Crippen molar-refractivity contribution >= 4 is 5.57 Å². The number of allylic oxidation sites excluding steroid dienone is 5. The van der Waals surface area contributed by atoms with Crippen molar-refractivity contribution < 1.29 is 4.74 Å². The van der Waals surface area contributed by atoms with Gasteiger partial charge in [0.15, 0.2) is 0 Å². The maximum Gasteiger partial charge on any atom is 0.0940 e. The Hall–Kier alpha value is -2.30. The number of unbranched alkanes of at least 4 members (excludes halogenated alkanes) is 1. The van der Waals surface area contributed by atoms with Crippen LogP contribution in [0.1, 0.15) is 92.2 Å². The monoisotopic (exact) mass is 539 g/mol. The highest BCUT2D eigenvalue weighted by molar-refractivity contribution is 5.72. The molecule has 0 spiro atoms. The van der Waals surface area contributed by atoms with Crippen LogP contribution < -0.4 is 10.6 Å². The number of hydrogen-bond donors (Lipinski definition) is 2. The van der Waals surface area contributed by atoms with Crippen LogP contribution in [0.15, 0.2) is 66.5 Å². The SMILES string of the molecule is C=C(/C=C\C(=C(C)C)C(C)CCCC)c1ccc(CNC)cc1.C=C(NC)N1CCOC[C@@H]1C.CCC(C)C. The quantitative estimate of drug-likeness (QED) is 0.261. The Balaban J connectivity index is 0.000000740. The number of morpholine rings is 1. The first kappa shape index (κ1) is 36.7. The molecular formula is C35H61N3O. The average Bonchev–Trinajstić information content (AvgIpc) is 2.92. The van der Waals surface area contributed by atoms with Gasteiger partial charge in [0.05, 0.1) is 25.1 Å². The minimum absolute atomic E-state index is 0.448. The number of nitrogens with zero attached hydrogens (tertiary/aromatic N) is 1. The third-order valence-electron chi connectivity index (χ3n) is 7.09. The Morgan fingerprint density at radius 1 is 1.08 bits per heavy atom. The third-order valence-corrected chi connectivity index (χ3v) is 7.09. The molecule has 4 heteroatoms. The molecule has 1 aliphatic heterocycles. The minimum Gasteiger partial charge on any atom is -0.377 e. The molecule has 1 aromatic carbocycles. The first-order chi connectivity index (χ1) is 18.5.